The highest BCUT2D eigenvalue weighted by Crippen LogP contribution is 2.22. The van der Waals surface area contributed by atoms with Gasteiger partial charge in [-0.15, -0.1) is 0 Å². The normalized spacial score (nSPS) is 26.2. The van der Waals surface area contributed by atoms with Gasteiger partial charge in [-0.25, -0.2) is 4.98 Å². The zero-order valence-electron chi connectivity index (χ0n) is 11.5. The molecule has 2 aliphatic heterocycles. The Hall–Kier alpha value is -0.870. The summed E-state index contributed by atoms with van der Waals surface area (Å²) in [6.45, 7) is 9.81. The van der Waals surface area contributed by atoms with Crippen LogP contribution in [0.2, 0.25) is 0 Å². The molecule has 0 aromatic carbocycles. The van der Waals surface area contributed by atoms with Crippen LogP contribution in [-0.2, 0) is 6.54 Å². The van der Waals surface area contributed by atoms with Gasteiger partial charge < -0.3 is 4.42 Å². The Bertz CT molecular complexity index is 396. The van der Waals surface area contributed by atoms with Gasteiger partial charge in [-0.3, -0.25) is 9.80 Å². The fourth-order valence-corrected chi connectivity index (χ4v) is 3.22. The number of aromatic nitrogens is 1. The molecule has 0 aliphatic carbocycles. The summed E-state index contributed by atoms with van der Waals surface area (Å²) in [4.78, 5) is 9.67. The maximum absolute atomic E-state index is 5.70. The molecule has 0 bridgehead atoms. The van der Waals surface area contributed by atoms with Gasteiger partial charge >= 0.3 is 0 Å². The lowest BCUT2D eigenvalue weighted by Gasteiger charge is -2.24. The van der Waals surface area contributed by atoms with Crippen molar-refractivity contribution in [1.82, 2.24) is 14.8 Å². The summed E-state index contributed by atoms with van der Waals surface area (Å²) in [6, 6.07) is 0.768. The number of hydrogen-bond acceptors (Lipinski definition) is 4. The van der Waals surface area contributed by atoms with E-state index in [4.69, 9.17) is 4.42 Å². The minimum atomic E-state index is 0.768. The Labute approximate surface area is 109 Å². The van der Waals surface area contributed by atoms with Crippen molar-refractivity contribution in [2.45, 2.75) is 45.7 Å². The number of oxazole rings is 1. The van der Waals surface area contributed by atoms with E-state index in [1.165, 1.54) is 45.4 Å². The van der Waals surface area contributed by atoms with Crippen LogP contribution in [0.25, 0.3) is 0 Å². The summed E-state index contributed by atoms with van der Waals surface area (Å²) in [5.41, 5.74) is 1.03. The molecular weight excluding hydrogens is 226 g/mol. The monoisotopic (exact) mass is 249 g/mol. The molecule has 1 atom stereocenters. The molecule has 100 valence electrons. The second-order valence-electron chi connectivity index (χ2n) is 5.67. The first-order chi connectivity index (χ1) is 8.72. The Morgan fingerprint density at radius 1 is 1.22 bits per heavy atom. The van der Waals surface area contributed by atoms with E-state index in [0.29, 0.717) is 0 Å². The molecular formula is C14H23N3O. The molecule has 3 heterocycles. The van der Waals surface area contributed by atoms with E-state index in [-0.39, 0.29) is 0 Å². The zero-order valence-corrected chi connectivity index (χ0v) is 11.5. The lowest BCUT2D eigenvalue weighted by Crippen LogP contribution is -2.36. The van der Waals surface area contributed by atoms with Crippen molar-refractivity contribution in [2.24, 2.45) is 0 Å². The lowest BCUT2D eigenvalue weighted by atomic mass is 10.2. The van der Waals surface area contributed by atoms with Crippen LogP contribution in [0.1, 0.15) is 36.6 Å². The zero-order chi connectivity index (χ0) is 12.5. The Morgan fingerprint density at radius 3 is 2.83 bits per heavy atom. The van der Waals surface area contributed by atoms with Crippen LogP contribution in [0.15, 0.2) is 4.42 Å². The van der Waals surface area contributed by atoms with Crippen molar-refractivity contribution >= 4 is 0 Å². The summed E-state index contributed by atoms with van der Waals surface area (Å²) < 4.78 is 5.70. The van der Waals surface area contributed by atoms with Crippen molar-refractivity contribution in [1.29, 1.82) is 0 Å². The lowest BCUT2D eigenvalue weighted by molar-refractivity contribution is 0.202. The molecule has 0 amide bonds. The van der Waals surface area contributed by atoms with Gasteiger partial charge in [-0.1, -0.05) is 0 Å². The first kappa shape index (κ1) is 12.2. The Kier molecular flexibility index (Phi) is 3.39. The van der Waals surface area contributed by atoms with Crippen LogP contribution < -0.4 is 0 Å². The van der Waals surface area contributed by atoms with E-state index in [9.17, 15) is 0 Å². The highest BCUT2D eigenvalue weighted by Gasteiger charge is 2.29. The third-order valence-corrected chi connectivity index (χ3v) is 4.32. The maximum Gasteiger partial charge on any atom is 0.208 e. The Balaban J connectivity index is 1.65. The molecule has 4 nitrogen and oxygen atoms in total. The third kappa shape index (κ3) is 2.45. The van der Waals surface area contributed by atoms with Gasteiger partial charge in [0.25, 0.3) is 0 Å². The summed E-state index contributed by atoms with van der Waals surface area (Å²) in [6.07, 6.45) is 4.00. The average molecular weight is 249 g/mol. The van der Waals surface area contributed by atoms with E-state index in [1.807, 2.05) is 13.8 Å². The van der Waals surface area contributed by atoms with Gasteiger partial charge in [-0.2, -0.15) is 0 Å². The first-order valence-electron chi connectivity index (χ1n) is 7.11. The van der Waals surface area contributed by atoms with Crippen molar-refractivity contribution in [2.75, 3.05) is 26.2 Å². The SMILES string of the molecule is Cc1nc(CN2CCCN3CCCC3C2)oc1C. The molecule has 0 radical (unpaired) electrons. The molecule has 1 unspecified atom stereocenters. The summed E-state index contributed by atoms with van der Waals surface area (Å²) in [5.74, 6) is 1.85. The van der Waals surface area contributed by atoms with Crippen LogP contribution in [-0.4, -0.2) is 47.0 Å². The van der Waals surface area contributed by atoms with Crippen LogP contribution in [0.4, 0.5) is 0 Å². The summed E-state index contributed by atoms with van der Waals surface area (Å²) in [7, 11) is 0. The van der Waals surface area contributed by atoms with E-state index >= 15 is 0 Å². The number of hydrogen-bond donors (Lipinski definition) is 0. The highest BCUT2D eigenvalue weighted by molar-refractivity contribution is 5.05. The number of nitrogens with zero attached hydrogens (tertiary/aromatic N) is 3. The molecule has 1 aromatic rings. The minimum absolute atomic E-state index is 0.768. The molecule has 0 saturated carbocycles. The quantitative estimate of drug-likeness (QED) is 0.802. The van der Waals surface area contributed by atoms with Crippen LogP contribution in [0.3, 0.4) is 0 Å². The van der Waals surface area contributed by atoms with E-state index in [0.717, 1.165) is 29.9 Å². The van der Waals surface area contributed by atoms with Gasteiger partial charge in [0.15, 0.2) is 0 Å². The highest BCUT2D eigenvalue weighted by atomic mass is 16.4. The van der Waals surface area contributed by atoms with Crippen molar-refractivity contribution in [3.63, 3.8) is 0 Å². The second kappa shape index (κ2) is 5.02. The van der Waals surface area contributed by atoms with Crippen molar-refractivity contribution < 1.29 is 4.42 Å². The van der Waals surface area contributed by atoms with E-state index < -0.39 is 0 Å². The predicted molar refractivity (Wildman–Crippen MR) is 70.5 cm³/mol. The molecule has 2 aliphatic rings. The largest absolute Gasteiger partial charge is 0.444 e. The average Bonchev–Trinajstić information content (AvgIpc) is 2.82. The fourth-order valence-electron chi connectivity index (χ4n) is 3.22. The summed E-state index contributed by atoms with van der Waals surface area (Å²) >= 11 is 0. The molecule has 1 aromatic heterocycles. The van der Waals surface area contributed by atoms with E-state index in [1.54, 1.807) is 0 Å². The molecule has 4 heteroatoms. The summed E-state index contributed by atoms with van der Waals surface area (Å²) in [5, 5.41) is 0. The molecule has 2 fully saturated rings. The predicted octanol–water partition coefficient (Wildman–Crippen LogP) is 1.96. The molecule has 2 saturated heterocycles. The van der Waals surface area contributed by atoms with E-state index in [2.05, 4.69) is 14.8 Å². The Morgan fingerprint density at radius 2 is 2.06 bits per heavy atom. The minimum Gasteiger partial charge on any atom is -0.444 e. The number of fused-ring (bicyclic) bond motifs is 1. The smallest absolute Gasteiger partial charge is 0.208 e. The topological polar surface area (TPSA) is 32.5 Å². The molecule has 0 spiro atoms. The fraction of sp³-hybridized carbons (Fsp3) is 0.786. The van der Waals surface area contributed by atoms with Crippen molar-refractivity contribution in [3.05, 3.63) is 17.3 Å². The maximum atomic E-state index is 5.70. The van der Waals surface area contributed by atoms with Crippen molar-refractivity contribution in [3.8, 4) is 0 Å². The molecule has 3 rings (SSSR count). The third-order valence-electron chi connectivity index (χ3n) is 4.32. The molecule has 0 N–H and O–H groups in total. The van der Waals surface area contributed by atoms with Gasteiger partial charge in [0.05, 0.1) is 12.2 Å². The van der Waals surface area contributed by atoms with Gasteiger partial charge in [0.1, 0.15) is 5.76 Å². The second-order valence-corrected chi connectivity index (χ2v) is 5.67. The standard InChI is InChI=1S/C14H23N3O/c1-11-12(2)18-14(15-11)10-16-6-4-8-17-7-3-5-13(17)9-16/h13H,3-10H2,1-2H3. The molecule has 18 heavy (non-hydrogen) atoms. The first-order valence-corrected chi connectivity index (χ1v) is 7.11. The van der Waals surface area contributed by atoms with Crippen LogP contribution in [0, 0.1) is 13.8 Å². The number of aryl methyl sites for hydroxylation is 2. The number of rotatable bonds is 2. The van der Waals surface area contributed by atoms with Gasteiger partial charge in [0.2, 0.25) is 5.89 Å². The van der Waals surface area contributed by atoms with Crippen LogP contribution >= 0.6 is 0 Å². The van der Waals surface area contributed by atoms with Crippen LogP contribution in [0.5, 0.6) is 0 Å². The van der Waals surface area contributed by atoms with Gasteiger partial charge in [-0.05, 0) is 52.7 Å². The van der Waals surface area contributed by atoms with Gasteiger partial charge in [0, 0.05) is 12.6 Å².